The van der Waals surface area contributed by atoms with Crippen LogP contribution in [0.3, 0.4) is 0 Å². The minimum atomic E-state index is -0.944. The molecule has 0 amide bonds. The molecule has 0 radical (unpaired) electrons. The summed E-state index contributed by atoms with van der Waals surface area (Å²) in [6.07, 6.45) is 1.56. The van der Waals surface area contributed by atoms with Crippen LogP contribution in [0.1, 0.15) is 25.0 Å². The molecule has 0 aliphatic heterocycles. The summed E-state index contributed by atoms with van der Waals surface area (Å²) in [6.45, 7) is 4.69. The summed E-state index contributed by atoms with van der Waals surface area (Å²) in [5.74, 6) is -0.197. The molecule has 0 aromatic heterocycles. The van der Waals surface area contributed by atoms with Crippen molar-refractivity contribution >= 4 is 27.5 Å². The van der Waals surface area contributed by atoms with Crippen LogP contribution in [-0.2, 0) is 16.0 Å². The summed E-state index contributed by atoms with van der Waals surface area (Å²) in [7, 11) is 0. The summed E-state index contributed by atoms with van der Waals surface area (Å²) >= 11 is 3.43. The standard InChI is InChI=1S/C21H23BrO4/c1-3-25-20(21(23)24)14-16-4-10-19(11-5-16)26-13-12-15(2)17-6-8-18(22)9-7-17/h4-12,20H,3,13-14H2,1-2H3,(H,23,24)/t20-/m0/s1. The van der Waals surface area contributed by atoms with Gasteiger partial charge in [0.05, 0.1) is 0 Å². The molecule has 1 N–H and O–H groups in total. The zero-order valence-electron chi connectivity index (χ0n) is 14.9. The molecule has 2 rings (SSSR count). The molecule has 0 saturated carbocycles. The number of ether oxygens (including phenoxy) is 2. The Kier molecular flexibility index (Phi) is 7.88. The topological polar surface area (TPSA) is 55.8 Å². The van der Waals surface area contributed by atoms with Gasteiger partial charge in [0.2, 0.25) is 0 Å². The van der Waals surface area contributed by atoms with E-state index in [1.807, 2.05) is 42.5 Å². The van der Waals surface area contributed by atoms with Gasteiger partial charge in [-0.3, -0.25) is 0 Å². The Hall–Kier alpha value is -2.11. The minimum absolute atomic E-state index is 0.339. The molecule has 0 aliphatic carbocycles. The first-order valence-corrected chi connectivity index (χ1v) is 9.27. The number of benzene rings is 2. The van der Waals surface area contributed by atoms with Crippen molar-refractivity contribution in [3.8, 4) is 5.75 Å². The lowest BCUT2D eigenvalue weighted by atomic mass is 10.1. The lowest BCUT2D eigenvalue weighted by Gasteiger charge is -2.12. The number of carboxylic acid groups (broad SMARTS) is 1. The molecule has 26 heavy (non-hydrogen) atoms. The summed E-state index contributed by atoms with van der Waals surface area (Å²) < 4.78 is 12.0. The summed E-state index contributed by atoms with van der Waals surface area (Å²) in [5.41, 5.74) is 3.21. The van der Waals surface area contributed by atoms with Crippen molar-refractivity contribution in [3.63, 3.8) is 0 Å². The number of carbonyl (C=O) groups is 1. The van der Waals surface area contributed by atoms with Gasteiger partial charge in [-0.1, -0.05) is 40.2 Å². The van der Waals surface area contributed by atoms with Gasteiger partial charge in [-0.15, -0.1) is 0 Å². The molecule has 1 atom stereocenters. The Morgan fingerprint density at radius 1 is 1.15 bits per heavy atom. The highest BCUT2D eigenvalue weighted by Gasteiger charge is 2.17. The zero-order chi connectivity index (χ0) is 18.9. The molecule has 2 aromatic rings. The first kappa shape index (κ1) is 20.2. The molecular weight excluding hydrogens is 396 g/mol. The van der Waals surface area contributed by atoms with Crippen molar-refractivity contribution in [1.29, 1.82) is 0 Å². The van der Waals surface area contributed by atoms with E-state index >= 15 is 0 Å². The Balaban J connectivity index is 1.89. The molecule has 0 heterocycles. The number of aliphatic carboxylic acids is 1. The third-order valence-electron chi connectivity index (χ3n) is 3.93. The van der Waals surface area contributed by atoms with Crippen LogP contribution in [0.25, 0.3) is 5.57 Å². The van der Waals surface area contributed by atoms with Gasteiger partial charge in [0.15, 0.2) is 6.10 Å². The number of rotatable bonds is 9. The number of hydrogen-bond donors (Lipinski definition) is 1. The van der Waals surface area contributed by atoms with Crippen LogP contribution in [0.2, 0.25) is 0 Å². The Morgan fingerprint density at radius 2 is 1.81 bits per heavy atom. The highest BCUT2D eigenvalue weighted by Crippen LogP contribution is 2.18. The molecule has 2 aromatic carbocycles. The summed E-state index contributed by atoms with van der Waals surface area (Å²) in [5, 5.41) is 9.14. The van der Waals surface area contributed by atoms with Gasteiger partial charge < -0.3 is 14.6 Å². The Morgan fingerprint density at radius 3 is 2.38 bits per heavy atom. The van der Waals surface area contributed by atoms with Crippen molar-refractivity contribution < 1.29 is 19.4 Å². The Bertz CT molecular complexity index is 736. The highest BCUT2D eigenvalue weighted by atomic mass is 79.9. The maximum atomic E-state index is 11.1. The Labute approximate surface area is 162 Å². The number of allylic oxidation sites excluding steroid dienone is 1. The molecule has 0 unspecified atom stereocenters. The van der Waals surface area contributed by atoms with E-state index in [0.29, 0.717) is 19.6 Å². The molecular formula is C21H23BrO4. The predicted octanol–water partition coefficient (Wildman–Crippen LogP) is 4.96. The fraction of sp³-hybridized carbons (Fsp3) is 0.286. The van der Waals surface area contributed by atoms with Gasteiger partial charge in [-0.05, 0) is 60.9 Å². The molecule has 0 bridgehead atoms. The average molecular weight is 419 g/mol. The second-order valence-electron chi connectivity index (χ2n) is 5.84. The first-order chi connectivity index (χ1) is 12.5. The van der Waals surface area contributed by atoms with E-state index in [1.54, 1.807) is 6.92 Å². The second-order valence-corrected chi connectivity index (χ2v) is 6.75. The van der Waals surface area contributed by atoms with E-state index in [2.05, 4.69) is 35.0 Å². The smallest absolute Gasteiger partial charge is 0.333 e. The van der Waals surface area contributed by atoms with Gasteiger partial charge >= 0.3 is 5.97 Å². The van der Waals surface area contributed by atoms with Crippen LogP contribution in [0.5, 0.6) is 5.75 Å². The lowest BCUT2D eigenvalue weighted by molar-refractivity contribution is -0.149. The maximum Gasteiger partial charge on any atom is 0.333 e. The number of hydrogen-bond acceptors (Lipinski definition) is 3. The molecule has 5 heteroatoms. The van der Waals surface area contributed by atoms with Crippen molar-refractivity contribution in [2.75, 3.05) is 13.2 Å². The fourth-order valence-corrected chi connectivity index (χ4v) is 2.71. The van der Waals surface area contributed by atoms with E-state index in [-0.39, 0.29) is 0 Å². The highest BCUT2D eigenvalue weighted by molar-refractivity contribution is 9.10. The van der Waals surface area contributed by atoms with Crippen LogP contribution >= 0.6 is 15.9 Å². The van der Waals surface area contributed by atoms with Crippen molar-refractivity contribution in [2.45, 2.75) is 26.4 Å². The van der Waals surface area contributed by atoms with Crippen molar-refractivity contribution in [1.82, 2.24) is 0 Å². The van der Waals surface area contributed by atoms with Crippen LogP contribution in [0.4, 0.5) is 0 Å². The SMILES string of the molecule is CCO[C@@H](Cc1ccc(OCC=C(C)c2ccc(Br)cc2)cc1)C(=O)O. The van der Waals surface area contributed by atoms with Crippen LogP contribution in [0.15, 0.2) is 59.1 Å². The second kappa shape index (κ2) is 10.1. The molecule has 0 spiro atoms. The average Bonchev–Trinajstić information content (AvgIpc) is 2.63. The molecule has 0 saturated heterocycles. The van der Waals surface area contributed by atoms with Crippen molar-refractivity contribution in [2.24, 2.45) is 0 Å². The quantitative estimate of drug-likeness (QED) is 0.624. The van der Waals surface area contributed by atoms with Gasteiger partial charge in [-0.2, -0.15) is 0 Å². The fourth-order valence-electron chi connectivity index (χ4n) is 2.45. The molecule has 4 nitrogen and oxygen atoms in total. The van der Waals surface area contributed by atoms with E-state index < -0.39 is 12.1 Å². The molecule has 0 aliphatic rings. The third kappa shape index (κ3) is 6.32. The predicted molar refractivity (Wildman–Crippen MR) is 106 cm³/mol. The summed E-state index contributed by atoms with van der Waals surface area (Å²) in [4.78, 5) is 11.1. The molecule has 0 fully saturated rings. The monoisotopic (exact) mass is 418 g/mol. The van der Waals surface area contributed by atoms with Crippen molar-refractivity contribution in [3.05, 3.63) is 70.2 Å². The maximum absolute atomic E-state index is 11.1. The van der Waals surface area contributed by atoms with Crippen LogP contribution in [-0.4, -0.2) is 30.4 Å². The lowest BCUT2D eigenvalue weighted by Crippen LogP contribution is -2.26. The summed E-state index contributed by atoms with van der Waals surface area (Å²) in [6, 6.07) is 15.6. The van der Waals surface area contributed by atoms with E-state index in [0.717, 1.165) is 26.9 Å². The normalized spacial score (nSPS) is 12.7. The third-order valence-corrected chi connectivity index (χ3v) is 4.46. The van der Waals surface area contributed by atoms with E-state index in [4.69, 9.17) is 14.6 Å². The van der Waals surface area contributed by atoms with Gasteiger partial charge in [0, 0.05) is 17.5 Å². The number of carboxylic acids is 1. The van der Waals surface area contributed by atoms with E-state index in [9.17, 15) is 4.79 Å². The largest absolute Gasteiger partial charge is 0.490 e. The zero-order valence-corrected chi connectivity index (χ0v) is 16.5. The van der Waals surface area contributed by atoms with Gasteiger partial charge in [0.1, 0.15) is 12.4 Å². The van der Waals surface area contributed by atoms with E-state index in [1.165, 1.54) is 0 Å². The van der Waals surface area contributed by atoms with Crippen LogP contribution in [0, 0.1) is 0 Å². The van der Waals surface area contributed by atoms with Crippen LogP contribution < -0.4 is 4.74 Å². The molecule has 138 valence electrons. The number of halogens is 1. The van der Waals surface area contributed by atoms with Gasteiger partial charge in [-0.25, -0.2) is 4.79 Å². The first-order valence-electron chi connectivity index (χ1n) is 8.48. The van der Waals surface area contributed by atoms with Gasteiger partial charge in [0.25, 0.3) is 0 Å². The minimum Gasteiger partial charge on any atom is -0.490 e.